The molecule has 0 aliphatic carbocycles. The summed E-state index contributed by atoms with van der Waals surface area (Å²) in [7, 11) is 0. The van der Waals surface area contributed by atoms with Gasteiger partial charge in [0.25, 0.3) is 0 Å². The lowest BCUT2D eigenvalue weighted by Crippen LogP contribution is -2.35. The van der Waals surface area contributed by atoms with E-state index in [-0.39, 0.29) is 18.8 Å². The Balaban J connectivity index is 3.82. The van der Waals surface area contributed by atoms with Gasteiger partial charge in [-0.15, -0.1) is 0 Å². The molecule has 0 aliphatic rings. The van der Waals surface area contributed by atoms with Crippen molar-refractivity contribution in [2.24, 2.45) is 0 Å². The number of rotatable bonds is 7. The summed E-state index contributed by atoms with van der Waals surface area (Å²) in [5.41, 5.74) is 0. The van der Waals surface area contributed by atoms with Crippen molar-refractivity contribution < 1.29 is 24.5 Å². The predicted octanol–water partition coefficient (Wildman–Crippen LogP) is 0.0306. The van der Waals surface area contributed by atoms with Crippen LogP contribution >= 0.6 is 0 Å². The Hall–Kier alpha value is -0.940. The quantitative estimate of drug-likeness (QED) is 0.589. The van der Waals surface area contributed by atoms with Crippen LogP contribution in [-0.2, 0) is 14.3 Å². The summed E-state index contributed by atoms with van der Waals surface area (Å²) in [6, 6.07) is 0. The van der Waals surface area contributed by atoms with E-state index in [2.05, 4.69) is 4.74 Å². The molecule has 5 nitrogen and oxygen atoms in total. The number of aliphatic hydroxyl groups is 2. The number of ketones is 1. The van der Waals surface area contributed by atoms with Crippen LogP contribution in [0.5, 0.6) is 0 Å². The maximum Gasteiger partial charge on any atom is 0.337 e. The van der Waals surface area contributed by atoms with Gasteiger partial charge in [0.1, 0.15) is 5.78 Å². The second-order valence-electron chi connectivity index (χ2n) is 3.36. The summed E-state index contributed by atoms with van der Waals surface area (Å²) in [6.45, 7) is 3.23. The summed E-state index contributed by atoms with van der Waals surface area (Å²) in [6.07, 6.45) is -1.68. The van der Waals surface area contributed by atoms with Gasteiger partial charge in [-0.3, -0.25) is 0 Å². The second kappa shape index (κ2) is 7.36. The van der Waals surface area contributed by atoms with Crippen molar-refractivity contribution in [1.82, 2.24) is 0 Å². The van der Waals surface area contributed by atoms with E-state index in [4.69, 9.17) is 0 Å². The van der Waals surface area contributed by atoms with Crippen LogP contribution in [0, 0.1) is 0 Å². The first kappa shape index (κ1) is 14.1. The van der Waals surface area contributed by atoms with Gasteiger partial charge >= 0.3 is 5.97 Å². The Kier molecular flexibility index (Phi) is 6.90. The minimum absolute atomic E-state index is 0.0211. The third-order valence-corrected chi connectivity index (χ3v) is 1.92. The smallest absolute Gasteiger partial charge is 0.337 e. The Morgan fingerprint density at radius 1 is 1.33 bits per heavy atom. The molecule has 0 heterocycles. The Morgan fingerprint density at radius 2 is 1.93 bits per heavy atom. The highest BCUT2D eigenvalue weighted by Gasteiger charge is 2.24. The first-order valence-corrected chi connectivity index (χ1v) is 5.01. The van der Waals surface area contributed by atoms with Crippen LogP contribution in [0.4, 0.5) is 0 Å². The zero-order valence-corrected chi connectivity index (χ0v) is 9.10. The standard InChI is InChI=1S/C10H18O5/c1-3-15-10(14)9(13)8(12)6-4-5-7(2)11/h8-9,12-13H,3-6H2,1-2H3/t8-,9+/m1/s1. The van der Waals surface area contributed by atoms with E-state index in [1.54, 1.807) is 6.92 Å². The Morgan fingerprint density at radius 3 is 2.40 bits per heavy atom. The first-order valence-electron chi connectivity index (χ1n) is 5.01. The molecule has 0 unspecified atom stereocenters. The normalized spacial score (nSPS) is 14.4. The van der Waals surface area contributed by atoms with Crippen molar-refractivity contribution in [3.8, 4) is 0 Å². The van der Waals surface area contributed by atoms with Crippen molar-refractivity contribution in [2.45, 2.75) is 45.3 Å². The van der Waals surface area contributed by atoms with E-state index in [0.717, 1.165) is 0 Å². The van der Waals surface area contributed by atoms with Gasteiger partial charge in [0.15, 0.2) is 6.10 Å². The highest BCUT2D eigenvalue weighted by molar-refractivity contribution is 5.75. The van der Waals surface area contributed by atoms with E-state index >= 15 is 0 Å². The molecule has 0 amide bonds. The molecule has 0 aromatic heterocycles. The summed E-state index contributed by atoms with van der Waals surface area (Å²) in [4.78, 5) is 21.6. The van der Waals surface area contributed by atoms with Gasteiger partial charge in [0.2, 0.25) is 0 Å². The number of carbonyl (C=O) groups excluding carboxylic acids is 2. The molecule has 0 aromatic rings. The van der Waals surface area contributed by atoms with Gasteiger partial charge in [-0.2, -0.15) is 0 Å². The maximum atomic E-state index is 11.0. The number of carbonyl (C=O) groups is 2. The monoisotopic (exact) mass is 218 g/mol. The van der Waals surface area contributed by atoms with E-state index in [9.17, 15) is 19.8 Å². The molecule has 0 rings (SSSR count). The minimum atomic E-state index is -1.52. The first-order chi connectivity index (χ1) is 6.99. The van der Waals surface area contributed by atoms with Crippen LogP contribution in [0.2, 0.25) is 0 Å². The zero-order valence-electron chi connectivity index (χ0n) is 9.10. The summed E-state index contributed by atoms with van der Waals surface area (Å²) in [5.74, 6) is -0.805. The van der Waals surface area contributed by atoms with Gasteiger partial charge in [0, 0.05) is 6.42 Å². The number of hydrogen-bond donors (Lipinski definition) is 2. The molecule has 0 radical (unpaired) electrons. The van der Waals surface area contributed by atoms with Gasteiger partial charge in [-0.25, -0.2) is 4.79 Å². The fourth-order valence-corrected chi connectivity index (χ4v) is 1.10. The topological polar surface area (TPSA) is 83.8 Å². The molecule has 0 aromatic carbocycles. The molecular formula is C10H18O5. The van der Waals surface area contributed by atoms with Gasteiger partial charge in [-0.05, 0) is 26.7 Å². The van der Waals surface area contributed by atoms with Gasteiger partial charge in [-0.1, -0.05) is 0 Å². The lowest BCUT2D eigenvalue weighted by Gasteiger charge is -2.15. The molecule has 2 atom stereocenters. The highest BCUT2D eigenvalue weighted by atomic mass is 16.5. The molecule has 0 saturated carbocycles. The SMILES string of the molecule is CCOC(=O)[C@@H](O)[C@H](O)CCCC(C)=O. The molecule has 0 spiro atoms. The van der Waals surface area contributed by atoms with Crippen LogP contribution < -0.4 is 0 Å². The average molecular weight is 218 g/mol. The number of ether oxygens (including phenoxy) is 1. The summed E-state index contributed by atoms with van der Waals surface area (Å²) >= 11 is 0. The maximum absolute atomic E-state index is 11.0. The number of aliphatic hydroxyl groups excluding tert-OH is 2. The molecule has 15 heavy (non-hydrogen) atoms. The number of hydrogen-bond acceptors (Lipinski definition) is 5. The van der Waals surface area contributed by atoms with Crippen LogP contribution in [0.1, 0.15) is 33.1 Å². The van der Waals surface area contributed by atoms with Crippen LogP contribution in [-0.4, -0.2) is 40.8 Å². The van der Waals surface area contributed by atoms with Gasteiger partial charge in [0.05, 0.1) is 12.7 Å². The summed E-state index contributed by atoms with van der Waals surface area (Å²) < 4.78 is 4.54. The average Bonchev–Trinajstić information content (AvgIpc) is 2.16. The predicted molar refractivity (Wildman–Crippen MR) is 53.2 cm³/mol. The fraction of sp³-hybridized carbons (Fsp3) is 0.800. The fourth-order valence-electron chi connectivity index (χ4n) is 1.10. The zero-order chi connectivity index (χ0) is 11.8. The lowest BCUT2D eigenvalue weighted by molar-refractivity contribution is -0.159. The van der Waals surface area contributed by atoms with Crippen molar-refractivity contribution in [3.05, 3.63) is 0 Å². The molecular weight excluding hydrogens is 200 g/mol. The molecule has 5 heteroatoms. The van der Waals surface area contributed by atoms with Crippen LogP contribution in [0.25, 0.3) is 0 Å². The molecule has 88 valence electrons. The Labute approximate surface area is 89.0 Å². The number of Topliss-reactive ketones (excluding diaryl/α,β-unsaturated/α-hetero) is 1. The van der Waals surface area contributed by atoms with Gasteiger partial charge < -0.3 is 19.7 Å². The minimum Gasteiger partial charge on any atom is -0.464 e. The molecule has 2 N–H and O–H groups in total. The number of esters is 1. The largest absolute Gasteiger partial charge is 0.464 e. The van der Waals surface area contributed by atoms with Crippen molar-refractivity contribution in [1.29, 1.82) is 0 Å². The van der Waals surface area contributed by atoms with Crippen molar-refractivity contribution in [3.63, 3.8) is 0 Å². The van der Waals surface area contributed by atoms with E-state index in [1.807, 2.05) is 0 Å². The Bertz CT molecular complexity index is 214. The second-order valence-corrected chi connectivity index (χ2v) is 3.36. The highest BCUT2D eigenvalue weighted by Crippen LogP contribution is 2.07. The van der Waals surface area contributed by atoms with E-state index < -0.39 is 18.2 Å². The lowest BCUT2D eigenvalue weighted by atomic mass is 10.1. The van der Waals surface area contributed by atoms with Crippen molar-refractivity contribution >= 4 is 11.8 Å². The van der Waals surface area contributed by atoms with Crippen LogP contribution in [0.15, 0.2) is 0 Å². The summed E-state index contributed by atoms with van der Waals surface area (Å²) in [5, 5.41) is 18.6. The molecule has 0 aliphatic heterocycles. The molecule has 0 bridgehead atoms. The van der Waals surface area contributed by atoms with E-state index in [1.165, 1.54) is 6.92 Å². The third kappa shape index (κ3) is 6.19. The molecule has 0 fully saturated rings. The van der Waals surface area contributed by atoms with Crippen molar-refractivity contribution in [2.75, 3.05) is 6.61 Å². The third-order valence-electron chi connectivity index (χ3n) is 1.92. The van der Waals surface area contributed by atoms with E-state index in [0.29, 0.717) is 12.8 Å². The van der Waals surface area contributed by atoms with Crippen LogP contribution in [0.3, 0.4) is 0 Å². The molecule has 0 saturated heterocycles.